The molecule has 0 atom stereocenters. The lowest BCUT2D eigenvalue weighted by atomic mass is 10.1. The lowest BCUT2D eigenvalue weighted by molar-refractivity contribution is -0.385. The van der Waals surface area contributed by atoms with Gasteiger partial charge in [-0.15, -0.1) is 0 Å². The summed E-state index contributed by atoms with van der Waals surface area (Å²) in [5.74, 6) is -7.40. The van der Waals surface area contributed by atoms with Crippen LogP contribution in [-0.2, 0) is 15.8 Å². The molecule has 9 nitrogen and oxygen atoms in total. The van der Waals surface area contributed by atoms with E-state index in [1.807, 2.05) is 5.32 Å². The molecule has 3 aromatic rings. The molecule has 1 aliphatic rings. The summed E-state index contributed by atoms with van der Waals surface area (Å²) in [6.45, 7) is -0.858. The van der Waals surface area contributed by atoms with Gasteiger partial charge < -0.3 is 10.1 Å². The highest BCUT2D eigenvalue weighted by Crippen LogP contribution is 2.40. The lowest BCUT2D eigenvalue weighted by Gasteiger charge is -2.13. The molecule has 3 amide bonds. The first-order valence-corrected chi connectivity index (χ1v) is 12.8. The molecule has 0 radical (unpaired) electrons. The van der Waals surface area contributed by atoms with E-state index in [0.29, 0.717) is 40.4 Å². The van der Waals surface area contributed by atoms with Gasteiger partial charge in [0.2, 0.25) is 11.7 Å². The van der Waals surface area contributed by atoms with Crippen LogP contribution in [0.3, 0.4) is 0 Å². The molecule has 3 aromatic carbocycles. The van der Waals surface area contributed by atoms with Crippen LogP contribution in [0.25, 0.3) is 6.08 Å². The number of hydrogen-bond donors (Lipinski definition) is 1. The third kappa shape index (κ3) is 6.57. The Labute approximate surface area is 243 Å². The molecule has 1 fully saturated rings. The largest absolute Gasteiger partial charge is 0.449 e. The van der Waals surface area contributed by atoms with Crippen LogP contribution in [-0.4, -0.2) is 33.4 Å². The van der Waals surface area contributed by atoms with E-state index in [2.05, 4.69) is 15.9 Å². The number of alkyl halides is 3. The minimum absolute atomic E-state index is 0.0238. The monoisotopic (exact) mass is 675 g/mol. The highest BCUT2D eigenvalue weighted by atomic mass is 79.9. The Hall–Kier alpha value is -4.38. The zero-order valence-corrected chi connectivity index (χ0v) is 22.7. The summed E-state index contributed by atoms with van der Waals surface area (Å²) in [7, 11) is 0. The zero-order valence-electron chi connectivity index (χ0n) is 20.3. The van der Waals surface area contributed by atoms with E-state index in [4.69, 9.17) is 4.74 Å². The maximum atomic E-state index is 13.8. The molecule has 1 N–H and O–H groups in total. The third-order valence-electron chi connectivity index (χ3n) is 5.44. The molecule has 17 heteroatoms. The van der Waals surface area contributed by atoms with E-state index >= 15 is 0 Å². The van der Waals surface area contributed by atoms with E-state index < -0.39 is 74.8 Å². The maximum Gasteiger partial charge on any atom is 0.416 e. The molecular formula is C25H12BrF6N3O6S. The Morgan fingerprint density at radius 2 is 1.74 bits per heavy atom. The fourth-order valence-electron chi connectivity index (χ4n) is 3.47. The van der Waals surface area contributed by atoms with Crippen LogP contribution in [0.4, 0.5) is 42.5 Å². The van der Waals surface area contributed by atoms with Crippen LogP contribution >= 0.6 is 27.7 Å². The predicted molar refractivity (Wildman–Crippen MR) is 140 cm³/mol. The number of rotatable bonds is 7. The minimum atomic E-state index is -4.81. The van der Waals surface area contributed by atoms with Crippen LogP contribution in [0.5, 0.6) is 11.5 Å². The lowest BCUT2D eigenvalue weighted by Crippen LogP contribution is -2.36. The fraction of sp³-hybridized carbons (Fsp3) is 0.0800. The van der Waals surface area contributed by atoms with Crippen LogP contribution in [0.15, 0.2) is 57.9 Å². The van der Waals surface area contributed by atoms with E-state index in [1.165, 1.54) is 24.3 Å². The summed E-state index contributed by atoms with van der Waals surface area (Å²) in [4.78, 5) is 48.0. The van der Waals surface area contributed by atoms with Crippen molar-refractivity contribution in [3.8, 4) is 11.5 Å². The van der Waals surface area contributed by atoms with Crippen molar-refractivity contribution < 1.29 is 50.4 Å². The van der Waals surface area contributed by atoms with Gasteiger partial charge >= 0.3 is 11.9 Å². The minimum Gasteiger partial charge on any atom is -0.449 e. The first kappa shape index (κ1) is 30.6. The molecule has 4 rings (SSSR count). The first-order valence-electron chi connectivity index (χ1n) is 11.2. The molecule has 0 saturated carbocycles. The normalized spacial score (nSPS) is 14.5. The van der Waals surface area contributed by atoms with Crippen molar-refractivity contribution in [1.82, 2.24) is 4.90 Å². The maximum absolute atomic E-state index is 13.8. The summed E-state index contributed by atoms with van der Waals surface area (Å²) >= 11 is 3.65. The number of nitro benzene ring substituents is 1. The Bertz CT molecular complexity index is 1680. The van der Waals surface area contributed by atoms with E-state index in [1.54, 1.807) is 0 Å². The summed E-state index contributed by atoms with van der Waals surface area (Å²) in [6.07, 6.45) is -3.54. The van der Waals surface area contributed by atoms with Crippen LogP contribution in [0.2, 0.25) is 0 Å². The SMILES string of the molecule is O=C(CN1C(=O)S/C(=C/c2ccc(Oc3ccc(C(F)(F)F)cc3[N+](=O)[O-])c(Br)c2)C1=O)Nc1ccc(F)c(F)c1F. The Morgan fingerprint density at radius 3 is 2.38 bits per heavy atom. The van der Waals surface area contributed by atoms with Gasteiger partial charge in [0.05, 0.1) is 25.6 Å². The molecule has 0 unspecified atom stereocenters. The van der Waals surface area contributed by atoms with Crippen LogP contribution in [0.1, 0.15) is 11.1 Å². The standard InChI is InChI=1S/C25H12BrF6N3O6S/c26-13-7-11(1-5-17(13)41-18-6-2-12(25(30,31)32)9-16(18)35(39)40)8-19-23(37)34(24(38)42-19)10-20(36)33-15-4-3-14(27)21(28)22(15)29/h1-9H,10H2,(H,33,36)/b19-8+. The van der Waals surface area contributed by atoms with E-state index in [0.717, 1.165) is 12.1 Å². The summed E-state index contributed by atoms with van der Waals surface area (Å²) in [5, 5.41) is 12.4. The van der Waals surface area contributed by atoms with Crippen molar-refractivity contribution in [1.29, 1.82) is 0 Å². The number of amides is 3. The van der Waals surface area contributed by atoms with Gasteiger partial charge in [0.25, 0.3) is 11.1 Å². The predicted octanol–water partition coefficient (Wildman–Crippen LogP) is 7.26. The van der Waals surface area contributed by atoms with Crippen molar-refractivity contribution in [3.05, 3.63) is 96.6 Å². The Kier molecular flexibility index (Phi) is 8.63. The average molecular weight is 676 g/mol. The number of ether oxygens (including phenoxy) is 1. The topological polar surface area (TPSA) is 119 Å². The third-order valence-corrected chi connectivity index (χ3v) is 6.97. The van der Waals surface area contributed by atoms with Gasteiger partial charge in [0.15, 0.2) is 17.5 Å². The van der Waals surface area contributed by atoms with Crippen LogP contribution in [0, 0.1) is 27.6 Å². The van der Waals surface area contributed by atoms with Gasteiger partial charge in [0, 0.05) is 6.07 Å². The molecule has 1 aliphatic heterocycles. The van der Waals surface area contributed by atoms with Gasteiger partial charge in [-0.25, -0.2) is 13.2 Å². The summed E-state index contributed by atoms with van der Waals surface area (Å²) in [5.41, 5.74) is -2.55. The van der Waals surface area contributed by atoms with Crippen molar-refractivity contribution >= 4 is 62.2 Å². The molecule has 0 aromatic heterocycles. The second-order valence-corrected chi connectivity index (χ2v) is 10.1. The average Bonchev–Trinajstić information content (AvgIpc) is 3.17. The number of halogens is 7. The van der Waals surface area contributed by atoms with Gasteiger partial charge in [-0.2, -0.15) is 13.2 Å². The number of nitro groups is 1. The Morgan fingerprint density at radius 1 is 1.05 bits per heavy atom. The molecule has 0 spiro atoms. The fourth-order valence-corrected chi connectivity index (χ4v) is 4.79. The zero-order chi connectivity index (χ0) is 30.9. The number of imide groups is 1. The number of hydrogen-bond acceptors (Lipinski definition) is 7. The second kappa shape index (κ2) is 11.8. The number of carbonyl (C=O) groups is 3. The smallest absolute Gasteiger partial charge is 0.416 e. The number of anilines is 1. The molecule has 1 saturated heterocycles. The van der Waals surface area contributed by atoms with Gasteiger partial charge in [0.1, 0.15) is 12.3 Å². The number of carbonyl (C=O) groups excluding carboxylic acids is 3. The first-order chi connectivity index (χ1) is 19.6. The second-order valence-electron chi connectivity index (χ2n) is 8.27. The van der Waals surface area contributed by atoms with E-state index in [-0.39, 0.29) is 15.1 Å². The highest BCUT2D eigenvalue weighted by molar-refractivity contribution is 9.10. The Balaban J connectivity index is 1.48. The molecule has 0 bridgehead atoms. The quantitative estimate of drug-likeness (QED) is 0.0920. The van der Waals surface area contributed by atoms with Gasteiger partial charge in [-0.3, -0.25) is 29.4 Å². The van der Waals surface area contributed by atoms with Crippen molar-refractivity contribution in [2.75, 3.05) is 11.9 Å². The molecule has 1 heterocycles. The van der Waals surface area contributed by atoms with Crippen molar-refractivity contribution in [2.45, 2.75) is 6.18 Å². The number of benzene rings is 3. The van der Waals surface area contributed by atoms with Crippen molar-refractivity contribution in [2.24, 2.45) is 0 Å². The number of nitrogens with one attached hydrogen (secondary N) is 1. The van der Waals surface area contributed by atoms with Gasteiger partial charge in [-0.1, -0.05) is 6.07 Å². The summed E-state index contributed by atoms with van der Waals surface area (Å²) < 4.78 is 84.8. The number of nitrogens with zero attached hydrogens (tertiary/aromatic N) is 2. The summed E-state index contributed by atoms with van der Waals surface area (Å²) in [6, 6.07) is 7.16. The number of thioether (sulfide) groups is 1. The van der Waals surface area contributed by atoms with Gasteiger partial charge in [-0.05, 0) is 75.7 Å². The van der Waals surface area contributed by atoms with Crippen LogP contribution < -0.4 is 10.1 Å². The molecule has 42 heavy (non-hydrogen) atoms. The molecular weight excluding hydrogens is 664 g/mol. The van der Waals surface area contributed by atoms with E-state index in [9.17, 15) is 50.8 Å². The van der Waals surface area contributed by atoms with Crippen molar-refractivity contribution in [3.63, 3.8) is 0 Å². The molecule has 218 valence electrons. The molecule has 0 aliphatic carbocycles. The highest BCUT2D eigenvalue weighted by Gasteiger charge is 2.37.